The summed E-state index contributed by atoms with van der Waals surface area (Å²) in [7, 11) is 1.61. The van der Waals surface area contributed by atoms with Crippen LogP contribution in [0.4, 0.5) is 10.7 Å². The molecule has 1 amide bonds. The number of thiophene rings is 1. The van der Waals surface area contributed by atoms with Crippen molar-refractivity contribution in [1.82, 2.24) is 5.32 Å². The zero-order valence-corrected chi connectivity index (χ0v) is 11.7. The van der Waals surface area contributed by atoms with Crippen molar-refractivity contribution in [2.24, 2.45) is 0 Å². The van der Waals surface area contributed by atoms with Gasteiger partial charge in [-0.2, -0.15) is 0 Å². The van der Waals surface area contributed by atoms with Crippen molar-refractivity contribution in [3.8, 4) is 0 Å². The molecule has 1 aromatic rings. The minimum atomic E-state index is -0.127. The first-order valence-electron chi connectivity index (χ1n) is 6.03. The standard InChI is InChI=1S/C12H19N3O2S/c1-7-5-15(6-8(2)17-7)10-4-9(13)11(18-10)12(16)14-3/h4,7-8H,5-6,13H2,1-3H3,(H,14,16). The summed E-state index contributed by atoms with van der Waals surface area (Å²) in [4.78, 5) is 14.4. The number of nitrogen functional groups attached to an aromatic ring is 1. The summed E-state index contributed by atoms with van der Waals surface area (Å²) < 4.78 is 5.70. The van der Waals surface area contributed by atoms with Crippen LogP contribution in [-0.4, -0.2) is 38.3 Å². The summed E-state index contributed by atoms with van der Waals surface area (Å²) in [5.74, 6) is -0.127. The fraction of sp³-hybridized carbons (Fsp3) is 0.583. The fourth-order valence-electron chi connectivity index (χ4n) is 2.20. The number of nitrogens with zero attached hydrogens (tertiary/aromatic N) is 1. The SMILES string of the molecule is CNC(=O)c1sc(N2CC(C)OC(C)C2)cc1N. The number of hydrogen-bond donors (Lipinski definition) is 2. The van der Waals surface area contributed by atoms with Crippen LogP contribution < -0.4 is 16.0 Å². The molecule has 1 aliphatic heterocycles. The molecule has 5 nitrogen and oxygen atoms in total. The first-order valence-corrected chi connectivity index (χ1v) is 6.84. The third-order valence-corrected chi connectivity index (χ3v) is 4.12. The Morgan fingerprint density at radius 1 is 1.50 bits per heavy atom. The molecule has 1 aliphatic rings. The van der Waals surface area contributed by atoms with Crippen LogP contribution in [0.2, 0.25) is 0 Å². The van der Waals surface area contributed by atoms with Crippen molar-refractivity contribution in [2.45, 2.75) is 26.1 Å². The molecule has 18 heavy (non-hydrogen) atoms. The molecule has 2 atom stereocenters. The summed E-state index contributed by atoms with van der Waals surface area (Å²) in [5.41, 5.74) is 6.43. The lowest BCUT2D eigenvalue weighted by Crippen LogP contribution is -2.45. The highest BCUT2D eigenvalue weighted by Crippen LogP contribution is 2.33. The van der Waals surface area contributed by atoms with Crippen molar-refractivity contribution < 1.29 is 9.53 Å². The lowest BCUT2D eigenvalue weighted by atomic mass is 10.2. The average Bonchev–Trinajstić information content (AvgIpc) is 2.69. The molecule has 2 unspecified atom stereocenters. The van der Waals surface area contributed by atoms with Crippen LogP contribution in [-0.2, 0) is 4.74 Å². The van der Waals surface area contributed by atoms with E-state index in [2.05, 4.69) is 24.1 Å². The van der Waals surface area contributed by atoms with Crippen LogP contribution in [0.5, 0.6) is 0 Å². The second-order valence-electron chi connectivity index (χ2n) is 4.61. The van der Waals surface area contributed by atoms with E-state index in [1.54, 1.807) is 7.05 Å². The summed E-state index contributed by atoms with van der Waals surface area (Å²) >= 11 is 1.44. The number of nitrogens with one attached hydrogen (secondary N) is 1. The van der Waals surface area contributed by atoms with Crippen molar-refractivity contribution in [2.75, 3.05) is 30.8 Å². The maximum atomic E-state index is 11.6. The minimum absolute atomic E-state index is 0.127. The number of ether oxygens (including phenoxy) is 1. The van der Waals surface area contributed by atoms with Gasteiger partial charge in [-0.1, -0.05) is 0 Å². The van der Waals surface area contributed by atoms with E-state index in [0.717, 1.165) is 18.1 Å². The monoisotopic (exact) mass is 269 g/mol. The molecule has 0 saturated carbocycles. The molecular weight excluding hydrogens is 250 g/mol. The van der Waals surface area contributed by atoms with Crippen LogP contribution in [0.1, 0.15) is 23.5 Å². The van der Waals surface area contributed by atoms with Gasteiger partial charge >= 0.3 is 0 Å². The quantitative estimate of drug-likeness (QED) is 0.849. The van der Waals surface area contributed by atoms with Gasteiger partial charge in [0.2, 0.25) is 0 Å². The Hall–Kier alpha value is -1.27. The van der Waals surface area contributed by atoms with Gasteiger partial charge in [-0.05, 0) is 19.9 Å². The fourth-order valence-corrected chi connectivity index (χ4v) is 3.24. The molecule has 2 heterocycles. The number of anilines is 2. The molecule has 0 aliphatic carbocycles. The topological polar surface area (TPSA) is 67.6 Å². The number of carbonyl (C=O) groups excluding carboxylic acids is 1. The molecule has 100 valence electrons. The van der Waals surface area contributed by atoms with Gasteiger partial charge in [0, 0.05) is 20.1 Å². The largest absolute Gasteiger partial charge is 0.397 e. The maximum absolute atomic E-state index is 11.6. The molecule has 1 saturated heterocycles. The molecule has 0 bridgehead atoms. The van der Waals surface area contributed by atoms with E-state index in [9.17, 15) is 4.79 Å². The average molecular weight is 269 g/mol. The Morgan fingerprint density at radius 2 is 2.11 bits per heavy atom. The highest BCUT2D eigenvalue weighted by molar-refractivity contribution is 7.18. The van der Waals surface area contributed by atoms with E-state index in [4.69, 9.17) is 10.5 Å². The van der Waals surface area contributed by atoms with Crippen molar-refractivity contribution in [1.29, 1.82) is 0 Å². The van der Waals surface area contributed by atoms with Gasteiger partial charge in [0.25, 0.3) is 5.91 Å². The van der Waals surface area contributed by atoms with E-state index in [0.29, 0.717) is 10.6 Å². The number of nitrogens with two attached hydrogens (primary N) is 1. The van der Waals surface area contributed by atoms with E-state index in [1.807, 2.05) is 6.07 Å². The molecule has 2 rings (SSSR count). The lowest BCUT2D eigenvalue weighted by Gasteiger charge is -2.35. The maximum Gasteiger partial charge on any atom is 0.263 e. The summed E-state index contributed by atoms with van der Waals surface area (Å²) in [6, 6.07) is 1.88. The summed E-state index contributed by atoms with van der Waals surface area (Å²) in [5, 5.41) is 3.64. The third-order valence-electron chi connectivity index (χ3n) is 2.91. The molecule has 0 spiro atoms. The van der Waals surface area contributed by atoms with Crippen LogP contribution >= 0.6 is 11.3 Å². The predicted molar refractivity (Wildman–Crippen MR) is 74.3 cm³/mol. The molecule has 0 radical (unpaired) electrons. The number of morpholine rings is 1. The van der Waals surface area contributed by atoms with Crippen LogP contribution in [0.15, 0.2) is 6.07 Å². The van der Waals surface area contributed by atoms with Crippen molar-refractivity contribution in [3.05, 3.63) is 10.9 Å². The van der Waals surface area contributed by atoms with Crippen molar-refractivity contribution in [3.63, 3.8) is 0 Å². The van der Waals surface area contributed by atoms with Crippen LogP contribution in [0, 0.1) is 0 Å². The molecule has 1 aromatic heterocycles. The number of amides is 1. The van der Waals surface area contributed by atoms with Gasteiger partial charge in [-0.15, -0.1) is 11.3 Å². The lowest BCUT2D eigenvalue weighted by molar-refractivity contribution is -0.00500. The molecular formula is C12H19N3O2S. The second-order valence-corrected chi connectivity index (χ2v) is 5.64. The smallest absolute Gasteiger partial charge is 0.263 e. The van der Waals surface area contributed by atoms with E-state index >= 15 is 0 Å². The van der Waals surface area contributed by atoms with Gasteiger partial charge in [0.05, 0.1) is 22.9 Å². The van der Waals surface area contributed by atoms with Gasteiger partial charge in [0.1, 0.15) is 4.88 Å². The second kappa shape index (κ2) is 5.16. The highest BCUT2D eigenvalue weighted by atomic mass is 32.1. The summed E-state index contributed by atoms with van der Waals surface area (Å²) in [6.45, 7) is 5.77. The molecule has 0 aromatic carbocycles. The molecule has 3 N–H and O–H groups in total. The van der Waals surface area contributed by atoms with Gasteiger partial charge < -0.3 is 20.7 Å². The number of rotatable bonds is 2. The van der Waals surface area contributed by atoms with E-state index < -0.39 is 0 Å². The van der Waals surface area contributed by atoms with E-state index in [1.165, 1.54) is 11.3 Å². The normalized spacial score (nSPS) is 24.1. The third kappa shape index (κ3) is 2.59. The van der Waals surface area contributed by atoms with Gasteiger partial charge in [0.15, 0.2) is 0 Å². The Bertz CT molecular complexity index is 437. The Kier molecular flexibility index (Phi) is 3.77. The van der Waals surface area contributed by atoms with E-state index in [-0.39, 0.29) is 18.1 Å². The number of carbonyl (C=O) groups is 1. The minimum Gasteiger partial charge on any atom is -0.397 e. The Labute approximate surface area is 111 Å². The zero-order valence-electron chi connectivity index (χ0n) is 10.9. The first-order chi connectivity index (χ1) is 8.51. The highest BCUT2D eigenvalue weighted by Gasteiger charge is 2.25. The predicted octanol–water partition coefficient (Wildman–Crippen LogP) is 1.30. The van der Waals surface area contributed by atoms with Crippen LogP contribution in [0.25, 0.3) is 0 Å². The first kappa shape index (κ1) is 13.2. The Balaban J connectivity index is 2.21. The van der Waals surface area contributed by atoms with Crippen molar-refractivity contribution >= 4 is 27.9 Å². The number of hydrogen-bond acceptors (Lipinski definition) is 5. The zero-order chi connectivity index (χ0) is 13.3. The van der Waals surface area contributed by atoms with Crippen LogP contribution in [0.3, 0.4) is 0 Å². The summed E-state index contributed by atoms with van der Waals surface area (Å²) in [6.07, 6.45) is 0.390. The van der Waals surface area contributed by atoms with Gasteiger partial charge in [-0.25, -0.2) is 0 Å². The Morgan fingerprint density at radius 3 is 2.67 bits per heavy atom. The van der Waals surface area contributed by atoms with Gasteiger partial charge in [-0.3, -0.25) is 4.79 Å². The molecule has 1 fully saturated rings. The molecule has 6 heteroatoms.